The van der Waals surface area contributed by atoms with Crippen LogP contribution < -0.4 is 10.5 Å². The van der Waals surface area contributed by atoms with Crippen LogP contribution in [0.5, 0.6) is 5.75 Å². The average molecular weight is 359 g/mol. The van der Waals surface area contributed by atoms with E-state index in [1.165, 1.54) is 0 Å². The lowest BCUT2D eigenvalue weighted by Gasteiger charge is -2.16. The van der Waals surface area contributed by atoms with E-state index >= 15 is 0 Å². The average Bonchev–Trinajstić information content (AvgIpc) is 2.22. The molecule has 1 aromatic heterocycles. The van der Waals surface area contributed by atoms with E-state index in [0.717, 1.165) is 0 Å². The van der Waals surface area contributed by atoms with Gasteiger partial charge in [-0.2, -0.15) is 13.2 Å². The number of hydrogen-bond donors (Lipinski definition) is 1. The molecule has 13 heteroatoms. The van der Waals surface area contributed by atoms with Crippen molar-refractivity contribution in [2.75, 3.05) is 0 Å². The fourth-order valence-corrected chi connectivity index (χ4v) is 2.55. The number of ether oxygens (including phenoxy) is 1. The van der Waals surface area contributed by atoms with Crippen LogP contribution in [-0.2, 0) is 21.8 Å². The first-order valence-electron chi connectivity index (χ1n) is 4.77. The van der Waals surface area contributed by atoms with Crippen LogP contribution in [0, 0.1) is 0 Å². The molecule has 0 aromatic carbocycles. The molecular weight excluding hydrogens is 354 g/mol. The summed E-state index contributed by atoms with van der Waals surface area (Å²) in [5, 5.41) is 0. The van der Waals surface area contributed by atoms with E-state index < -0.39 is 50.2 Å². The molecule has 0 aliphatic carbocycles. The van der Waals surface area contributed by atoms with E-state index in [1.54, 1.807) is 0 Å². The van der Waals surface area contributed by atoms with Crippen molar-refractivity contribution in [3.8, 4) is 5.75 Å². The molecule has 0 saturated heterocycles. The highest BCUT2D eigenvalue weighted by Gasteiger charge is 2.39. The monoisotopic (exact) mass is 358 g/mol. The Balaban J connectivity index is 3.69. The van der Waals surface area contributed by atoms with Crippen molar-refractivity contribution in [3.63, 3.8) is 0 Å². The molecule has 120 valence electrons. The molecule has 2 N–H and O–H groups in total. The maximum Gasteiger partial charge on any atom is 0.573 e. The molecule has 0 fully saturated rings. The molecule has 1 rings (SSSR count). The molecule has 21 heavy (non-hydrogen) atoms. The highest BCUT2D eigenvalue weighted by atomic mass is 35.7. The minimum absolute atomic E-state index is 0.220. The van der Waals surface area contributed by atoms with Gasteiger partial charge in [0.25, 0.3) is 9.05 Å². The zero-order valence-electron chi connectivity index (χ0n) is 9.59. The van der Waals surface area contributed by atoms with Gasteiger partial charge in [0.1, 0.15) is 10.6 Å². The Hall–Kier alpha value is -1.27. The van der Waals surface area contributed by atoms with Gasteiger partial charge in [0, 0.05) is 23.3 Å². The van der Waals surface area contributed by atoms with Crippen molar-refractivity contribution >= 4 is 19.7 Å². The van der Waals surface area contributed by atoms with E-state index in [1.807, 2.05) is 0 Å². The van der Waals surface area contributed by atoms with Gasteiger partial charge in [0.05, 0.1) is 5.69 Å². The summed E-state index contributed by atoms with van der Waals surface area (Å²) in [7, 11) is 0.0177. The summed E-state index contributed by atoms with van der Waals surface area (Å²) < 4.78 is 99.8. The highest BCUT2D eigenvalue weighted by molar-refractivity contribution is 8.13. The predicted octanol–water partition coefficient (Wildman–Crippen LogP) is 2.39. The normalized spacial score (nSPS) is 13.3. The lowest BCUT2D eigenvalue weighted by molar-refractivity contribution is -0.275. The van der Waals surface area contributed by atoms with Crippen LogP contribution in [0.25, 0.3) is 0 Å². The van der Waals surface area contributed by atoms with Crippen LogP contribution in [0.4, 0.5) is 26.3 Å². The van der Waals surface area contributed by atoms with Crippen LogP contribution in [0.2, 0.25) is 0 Å². The molecular formula is C8H5ClF6N2O3S. The number of nitrogens with zero attached hydrogens (tertiary/aromatic N) is 1. The smallest absolute Gasteiger partial charge is 0.404 e. The number of nitrogens with two attached hydrogens (primary N) is 1. The number of aromatic nitrogens is 1. The minimum Gasteiger partial charge on any atom is -0.404 e. The number of rotatable bonds is 3. The number of halogens is 7. The summed E-state index contributed by atoms with van der Waals surface area (Å²) in [6.07, 6.45) is -10.6. The third-order valence-electron chi connectivity index (χ3n) is 1.96. The quantitative estimate of drug-likeness (QED) is 0.662. The Morgan fingerprint density at radius 3 is 2.10 bits per heavy atom. The topological polar surface area (TPSA) is 82.3 Å². The maximum atomic E-state index is 12.5. The first-order valence-corrected chi connectivity index (χ1v) is 7.08. The minimum atomic E-state index is -5.44. The van der Waals surface area contributed by atoms with Gasteiger partial charge in [-0.15, -0.1) is 13.2 Å². The summed E-state index contributed by atoms with van der Waals surface area (Å²) in [6, 6.07) is -0.220. The van der Waals surface area contributed by atoms with E-state index in [4.69, 9.17) is 16.4 Å². The third kappa shape index (κ3) is 4.61. The van der Waals surface area contributed by atoms with Crippen LogP contribution in [0.1, 0.15) is 11.4 Å². The van der Waals surface area contributed by atoms with E-state index in [9.17, 15) is 34.8 Å². The molecule has 0 bridgehead atoms. The highest BCUT2D eigenvalue weighted by Crippen LogP contribution is 2.38. The van der Waals surface area contributed by atoms with Gasteiger partial charge in [0.2, 0.25) is 0 Å². The maximum absolute atomic E-state index is 12.5. The van der Waals surface area contributed by atoms with Crippen molar-refractivity contribution < 1.29 is 39.5 Å². The van der Waals surface area contributed by atoms with Crippen LogP contribution in [0.3, 0.4) is 0 Å². The molecule has 0 unspecified atom stereocenters. The third-order valence-corrected chi connectivity index (χ3v) is 3.35. The Bertz CT molecular complexity index is 643. The molecule has 1 aromatic rings. The van der Waals surface area contributed by atoms with Gasteiger partial charge in [0.15, 0.2) is 5.75 Å². The summed E-state index contributed by atoms with van der Waals surface area (Å²) in [5.41, 5.74) is 2.20. The van der Waals surface area contributed by atoms with Crippen molar-refractivity contribution in [1.29, 1.82) is 0 Å². The molecule has 1 heterocycles. The largest absolute Gasteiger partial charge is 0.573 e. The number of alkyl halides is 6. The zero-order valence-corrected chi connectivity index (χ0v) is 11.2. The van der Waals surface area contributed by atoms with Gasteiger partial charge in [-0.25, -0.2) is 13.4 Å². The zero-order chi connectivity index (χ0) is 16.6. The molecule has 0 atom stereocenters. The SMILES string of the molecule is NCc1nc(C(F)(F)F)cc(OC(F)(F)F)c1S(=O)(=O)Cl. The van der Waals surface area contributed by atoms with Gasteiger partial charge >= 0.3 is 12.5 Å². The molecule has 0 spiro atoms. The Kier molecular flexibility index (Phi) is 4.65. The molecule has 0 amide bonds. The van der Waals surface area contributed by atoms with Gasteiger partial charge in [-0.3, -0.25) is 0 Å². The fraction of sp³-hybridized carbons (Fsp3) is 0.375. The molecule has 0 aliphatic rings. The number of pyridine rings is 1. The summed E-state index contributed by atoms with van der Waals surface area (Å²) in [6.45, 7) is -0.903. The summed E-state index contributed by atoms with van der Waals surface area (Å²) in [4.78, 5) is 1.49. The van der Waals surface area contributed by atoms with E-state index in [-0.39, 0.29) is 6.07 Å². The lowest BCUT2D eigenvalue weighted by atomic mass is 10.2. The van der Waals surface area contributed by atoms with Gasteiger partial charge < -0.3 is 10.5 Å². The molecule has 0 saturated carbocycles. The van der Waals surface area contributed by atoms with Crippen molar-refractivity contribution in [2.24, 2.45) is 5.73 Å². The van der Waals surface area contributed by atoms with Gasteiger partial charge in [-0.1, -0.05) is 0 Å². The summed E-state index contributed by atoms with van der Waals surface area (Å²) >= 11 is 0. The van der Waals surface area contributed by atoms with E-state index in [2.05, 4.69) is 9.72 Å². The fourth-order valence-electron chi connectivity index (χ4n) is 1.31. The molecule has 0 aliphatic heterocycles. The standard InChI is InChI=1S/C8H5ClF6N2O3S/c9-21(18,19)6-3(2-16)17-5(7(10,11)12)1-4(6)20-8(13,14)15/h1H,2,16H2. The van der Waals surface area contributed by atoms with Crippen molar-refractivity contribution in [1.82, 2.24) is 4.98 Å². The first-order chi connectivity index (χ1) is 9.25. The number of hydrogen-bond acceptors (Lipinski definition) is 5. The first kappa shape index (κ1) is 17.8. The van der Waals surface area contributed by atoms with Crippen LogP contribution in [0.15, 0.2) is 11.0 Å². The second kappa shape index (κ2) is 5.50. The van der Waals surface area contributed by atoms with Gasteiger partial charge in [-0.05, 0) is 0 Å². The Labute approximate surface area is 118 Å². The Morgan fingerprint density at radius 2 is 1.76 bits per heavy atom. The van der Waals surface area contributed by atoms with Crippen molar-refractivity contribution in [3.05, 3.63) is 17.5 Å². The van der Waals surface area contributed by atoms with Crippen LogP contribution in [-0.4, -0.2) is 19.8 Å². The predicted molar refractivity (Wildman–Crippen MR) is 56.9 cm³/mol. The second-order valence-corrected chi connectivity index (χ2v) is 5.97. The summed E-state index contributed by atoms with van der Waals surface area (Å²) in [5.74, 6) is -1.65. The van der Waals surface area contributed by atoms with E-state index in [0.29, 0.717) is 0 Å². The van der Waals surface area contributed by atoms with Crippen LogP contribution >= 0.6 is 10.7 Å². The molecule has 5 nitrogen and oxygen atoms in total. The lowest BCUT2D eigenvalue weighted by Crippen LogP contribution is -2.22. The Morgan fingerprint density at radius 1 is 1.24 bits per heavy atom. The van der Waals surface area contributed by atoms with Crippen molar-refractivity contribution in [2.45, 2.75) is 24.0 Å². The second-order valence-electron chi connectivity index (χ2n) is 3.47. The molecule has 0 radical (unpaired) electrons.